The Morgan fingerprint density at radius 1 is 1.18 bits per heavy atom. The second kappa shape index (κ2) is 10.0. The largest absolute Gasteiger partial charge is 0.496 e. The van der Waals surface area contributed by atoms with Gasteiger partial charge in [-0.25, -0.2) is 0 Å². The van der Waals surface area contributed by atoms with Gasteiger partial charge in [0.25, 0.3) is 5.69 Å². The van der Waals surface area contributed by atoms with E-state index in [1.165, 1.54) is 37.1 Å². The molecule has 0 aliphatic rings. The number of nitrogens with zero attached hydrogens (tertiary/aromatic N) is 1. The van der Waals surface area contributed by atoms with E-state index in [9.17, 15) is 19.6 Å². The summed E-state index contributed by atoms with van der Waals surface area (Å²) in [6.45, 7) is 3.39. The average molecular weight is 427 g/mol. The van der Waals surface area contributed by atoms with E-state index in [0.29, 0.717) is 10.6 Å². The van der Waals surface area contributed by atoms with E-state index in [-0.39, 0.29) is 24.5 Å². The maximum atomic E-state index is 12.7. The quantitative estimate of drug-likeness (QED) is 0.320. The van der Waals surface area contributed by atoms with Crippen LogP contribution in [0, 0.1) is 10.1 Å². The van der Waals surface area contributed by atoms with Crippen LogP contribution in [-0.2, 0) is 13.8 Å². The third kappa shape index (κ3) is 5.33. The average Bonchev–Trinajstić information content (AvgIpc) is 2.66. The smallest absolute Gasteiger partial charge is 0.361 e. The van der Waals surface area contributed by atoms with E-state index in [1.807, 2.05) is 18.2 Å². The van der Waals surface area contributed by atoms with Crippen LogP contribution >= 0.6 is 19.4 Å². The summed E-state index contributed by atoms with van der Waals surface area (Å²) in [4.78, 5) is 22.4. The molecular formula is C18H22NO7PS. The third-order valence-corrected chi connectivity index (χ3v) is 6.49. The first-order valence-electron chi connectivity index (χ1n) is 8.51. The first-order valence-corrected chi connectivity index (χ1v) is 11.0. The van der Waals surface area contributed by atoms with Gasteiger partial charge in [0.1, 0.15) is 5.75 Å². The minimum Gasteiger partial charge on any atom is -0.496 e. The fraction of sp³-hybridized carbons (Fsp3) is 0.333. The molecule has 0 amide bonds. The summed E-state index contributed by atoms with van der Waals surface area (Å²) in [6.07, 6.45) is 0. The molecule has 2 unspecified atom stereocenters. The molecule has 0 aromatic heterocycles. The van der Waals surface area contributed by atoms with Crippen molar-refractivity contribution >= 4 is 25.0 Å². The van der Waals surface area contributed by atoms with Gasteiger partial charge in [-0.3, -0.25) is 14.7 Å². The molecule has 0 spiro atoms. The summed E-state index contributed by atoms with van der Waals surface area (Å²) < 4.78 is 28.6. The molecule has 0 saturated carbocycles. The van der Waals surface area contributed by atoms with Gasteiger partial charge in [-0.2, -0.15) is 0 Å². The standard InChI is InChI=1S/C18H22NO7PS/c1-4-25-18(27(22,23)26-5-2)14-12-13(19(20)21)10-11-16(14)28-17-9-7-6-8-15(17)24-3/h6-12,18H,4-5H2,1-3H3,(H,22,23). The minimum absolute atomic E-state index is 0.00125. The maximum Gasteiger partial charge on any atom is 0.361 e. The highest BCUT2D eigenvalue weighted by Gasteiger charge is 2.37. The molecule has 0 saturated heterocycles. The van der Waals surface area contributed by atoms with E-state index in [2.05, 4.69) is 0 Å². The van der Waals surface area contributed by atoms with E-state index in [0.717, 1.165) is 4.90 Å². The molecule has 1 N–H and O–H groups in total. The van der Waals surface area contributed by atoms with Crippen molar-refractivity contribution in [1.82, 2.24) is 0 Å². The number of rotatable bonds is 10. The number of benzene rings is 2. The molecule has 2 atom stereocenters. The van der Waals surface area contributed by atoms with Crippen molar-refractivity contribution in [3.63, 3.8) is 0 Å². The van der Waals surface area contributed by atoms with Crippen molar-refractivity contribution < 1.29 is 28.4 Å². The van der Waals surface area contributed by atoms with Crippen LogP contribution in [0.2, 0.25) is 0 Å². The Morgan fingerprint density at radius 2 is 1.89 bits per heavy atom. The number of non-ortho nitro benzene ring substituents is 1. The SMILES string of the molecule is CCOC(c1cc([N+](=O)[O-])ccc1Sc1ccccc1OC)P(=O)(O)OCC. The van der Waals surface area contributed by atoms with Crippen LogP contribution in [-0.4, -0.2) is 30.1 Å². The fourth-order valence-electron chi connectivity index (χ4n) is 2.53. The topological polar surface area (TPSA) is 108 Å². The van der Waals surface area contributed by atoms with Crippen LogP contribution in [0.5, 0.6) is 5.75 Å². The monoisotopic (exact) mass is 427 g/mol. The number of hydrogen-bond donors (Lipinski definition) is 1. The van der Waals surface area contributed by atoms with Gasteiger partial charge < -0.3 is 18.9 Å². The molecule has 28 heavy (non-hydrogen) atoms. The Labute approximate surface area is 167 Å². The molecular weight excluding hydrogens is 405 g/mol. The van der Waals surface area contributed by atoms with Crippen molar-refractivity contribution in [2.75, 3.05) is 20.3 Å². The van der Waals surface area contributed by atoms with Crippen molar-refractivity contribution in [1.29, 1.82) is 0 Å². The van der Waals surface area contributed by atoms with Gasteiger partial charge in [-0.15, -0.1) is 0 Å². The molecule has 10 heteroatoms. The molecule has 0 heterocycles. The second-order valence-electron chi connectivity index (χ2n) is 5.52. The van der Waals surface area contributed by atoms with Gasteiger partial charge in [0, 0.05) is 29.2 Å². The summed E-state index contributed by atoms with van der Waals surface area (Å²) in [7, 11) is -2.69. The van der Waals surface area contributed by atoms with E-state index in [4.69, 9.17) is 14.0 Å². The third-order valence-electron chi connectivity index (χ3n) is 3.69. The highest BCUT2D eigenvalue weighted by atomic mass is 32.2. The molecule has 0 aliphatic carbocycles. The van der Waals surface area contributed by atoms with Crippen LogP contribution in [0.25, 0.3) is 0 Å². The first-order chi connectivity index (χ1) is 13.3. The Hall–Kier alpha value is -1.90. The predicted molar refractivity (Wildman–Crippen MR) is 106 cm³/mol. The lowest BCUT2D eigenvalue weighted by Crippen LogP contribution is -2.09. The number of hydrogen-bond acceptors (Lipinski definition) is 7. The van der Waals surface area contributed by atoms with Gasteiger partial charge in [0.2, 0.25) is 0 Å². The first kappa shape index (κ1) is 22.4. The summed E-state index contributed by atoms with van der Waals surface area (Å²) in [6, 6.07) is 11.4. The summed E-state index contributed by atoms with van der Waals surface area (Å²) in [5.74, 6) is -0.740. The van der Waals surface area contributed by atoms with Gasteiger partial charge in [-0.05, 0) is 32.0 Å². The lowest BCUT2D eigenvalue weighted by atomic mass is 10.2. The Morgan fingerprint density at radius 3 is 2.50 bits per heavy atom. The van der Waals surface area contributed by atoms with Gasteiger partial charge >= 0.3 is 7.60 Å². The minimum atomic E-state index is -4.23. The Bertz CT molecular complexity index is 877. The number of nitro benzene ring substituents is 1. The Balaban J connectivity index is 2.59. The van der Waals surface area contributed by atoms with Gasteiger partial charge in [-0.1, -0.05) is 23.9 Å². The number of ether oxygens (including phenoxy) is 2. The van der Waals surface area contributed by atoms with Crippen molar-refractivity contribution in [3.05, 3.63) is 58.1 Å². The molecule has 0 bridgehead atoms. The van der Waals surface area contributed by atoms with Crippen LogP contribution in [0.15, 0.2) is 52.3 Å². The van der Waals surface area contributed by atoms with Crippen molar-refractivity contribution in [2.45, 2.75) is 29.5 Å². The zero-order chi connectivity index (χ0) is 20.7. The van der Waals surface area contributed by atoms with Gasteiger partial charge in [0.05, 0.1) is 23.5 Å². The lowest BCUT2D eigenvalue weighted by Gasteiger charge is -2.24. The predicted octanol–water partition coefficient (Wildman–Crippen LogP) is 5.01. The highest BCUT2D eigenvalue weighted by molar-refractivity contribution is 7.99. The number of para-hydroxylation sites is 1. The van der Waals surface area contributed by atoms with Crippen molar-refractivity contribution in [3.8, 4) is 5.75 Å². The number of methoxy groups -OCH3 is 1. The molecule has 2 aromatic rings. The zero-order valence-corrected chi connectivity index (χ0v) is 17.4. The normalized spacial score (nSPS) is 14.3. The van der Waals surface area contributed by atoms with Gasteiger partial charge in [0.15, 0.2) is 5.85 Å². The molecule has 152 valence electrons. The molecule has 0 aliphatic heterocycles. The van der Waals surface area contributed by atoms with Crippen LogP contribution in [0.4, 0.5) is 5.69 Å². The second-order valence-corrected chi connectivity index (χ2v) is 8.46. The van der Waals surface area contributed by atoms with Crippen LogP contribution in [0.1, 0.15) is 25.3 Å². The summed E-state index contributed by atoms with van der Waals surface area (Å²) in [5.41, 5.74) is 0.00631. The lowest BCUT2D eigenvalue weighted by molar-refractivity contribution is -0.385. The zero-order valence-electron chi connectivity index (χ0n) is 15.7. The van der Waals surface area contributed by atoms with Crippen LogP contribution < -0.4 is 4.74 Å². The van der Waals surface area contributed by atoms with E-state index >= 15 is 0 Å². The van der Waals surface area contributed by atoms with Crippen molar-refractivity contribution in [2.24, 2.45) is 0 Å². The molecule has 0 radical (unpaired) electrons. The summed E-state index contributed by atoms with van der Waals surface area (Å²) in [5, 5.41) is 11.3. The molecule has 2 aromatic carbocycles. The maximum absolute atomic E-state index is 12.7. The summed E-state index contributed by atoms with van der Waals surface area (Å²) >= 11 is 1.26. The molecule has 0 fully saturated rings. The van der Waals surface area contributed by atoms with E-state index < -0.39 is 18.4 Å². The number of nitro groups is 1. The highest BCUT2D eigenvalue weighted by Crippen LogP contribution is 2.59. The molecule has 2 rings (SSSR count). The Kier molecular flexibility index (Phi) is 8.03. The van der Waals surface area contributed by atoms with E-state index in [1.54, 1.807) is 19.9 Å². The van der Waals surface area contributed by atoms with Crippen LogP contribution in [0.3, 0.4) is 0 Å². The molecule has 8 nitrogen and oxygen atoms in total. The fourth-order valence-corrected chi connectivity index (χ4v) is 5.08.